The molecule has 2 aliphatic carbocycles. The summed E-state index contributed by atoms with van der Waals surface area (Å²) >= 11 is 0. The molecule has 0 amide bonds. The van der Waals surface area contributed by atoms with E-state index in [0.717, 1.165) is 11.8 Å². The minimum absolute atomic E-state index is 1.09. The number of unbranched alkanes of at least 4 members (excludes halogenated alkanes) is 1. The van der Waals surface area contributed by atoms with Crippen molar-refractivity contribution < 1.29 is 8.97 Å². The summed E-state index contributed by atoms with van der Waals surface area (Å²) in [6.45, 7) is 12.1. The normalized spacial score (nSPS) is 27.9. The molecular weight excluding hydrogens is 340 g/mol. The molecule has 2 saturated carbocycles. The van der Waals surface area contributed by atoms with Crippen molar-refractivity contribution in [1.29, 1.82) is 0 Å². The van der Waals surface area contributed by atoms with Crippen LogP contribution >= 0.6 is 0 Å². The zero-order chi connectivity index (χ0) is 19.1. The summed E-state index contributed by atoms with van der Waals surface area (Å²) in [5.74, 6) is 2.18. The Kier molecular flexibility index (Phi) is 7.78. The third-order valence-corrected chi connectivity index (χ3v) is 9.52. The highest BCUT2D eigenvalue weighted by atomic mass is 15.4. The summed E-state index contributed by atoms with van der Waals surface area (Å²) in [7, 11) is 0. The van der Waals surface area contributed by atoms with Crippen molar-refractivity contribution in [1.82, 2.24) is 0 Å². The zero-order valence-corrected chi connectivity index (χ0v) is 19.0. The SMILES string of the molecule is C1CCC(CC[N+]2(CCCC[N+]3(CCC4CCCC4)CCCC3)CCCC2)C1. The number of likely N-dealkylation sites (tertiary alicyclic amines) is 2. The lowest BCUT2D eigenvalue weighted by molar-refractivity contribution is -0.923. The molecule has 0 aromatic rings. The predicted molar refractivity (Wildman–Crippen MR) is 120 cm³/mol. The summed E-state index contributed by atoms with van der Waals surface area (Å²) in [5, 5.41) is 0. The van der Waals surface area contributed by atoms with Gasteiger partial charge >= 0.3 is 0 Å². The Morgan fingerprint density at radius 2 is 0.786 bits per heavy atom. The molecule has 4 fully saturated rings. The van der Waals surface area contributed by atoms with Crippen LogP contribution in [0.3, 0.4) is 0 Å². The van der Waals surface area contributed by atoms with Crippen molar-refractivity contribution >= 4 is 0 Å². The van der Waals surface area contributed by atoms with Crippen molar-refractivity contribution in [3.8, 4) is 0 Å². The van der Waals surface area contributed by atoms with E-state index in [-0.39, 0.29) is 0 Å². The van der Waals surface area contributed by atoms with Gasteiger partial charge in [0.2, 0.25) is 0 Å². The van der Waals surface area contributed by atoms with Gasteiger partial charge in [0, 0.05) is 38.5 Å². The topological polar surface area (TPSA) is 0 Å². The Morgan fingerprint density at radius 1 is 0.429 bits per heavy atom. The van der Waals surface area contributed by atoms with Gasteiger partial charge in [0.1, 0.15) is 0 Å². The van der Waals surface area contributed by atoms with E-state index in [0.29, 0.717) is 0 Å². The van der Waals surface area contributed by atoms with Gasteiger partial charge < -0.3 is 8.97 Å². The van der Waals surface area contributed by atoms with E-state index in [4.69, 9.17) is 0 Å². The van der Waals surface area contributed by atoms with E-state index >= 15 is 0 Å². The molecule has 0 radical (unpaired) electrons. The average Bonchev–Trinajstić information content (AvgIpc) is 3.51. The van der Waals surface area contributed by atoms with Crippen molar-refractivity contribution in [2.24, 2.45) is 11.8 Å². The second-order valence-corrected chi connectivity index (χ2v) is 11.5. The lowest BCUT2D eigenvalue weighted by atomic mass is 10.0. The Labute approximate surface area is 176 Å². The van der Waals surface area contributed by atoms with Crippen LogP contribution in [-0.2, 0) is 0 Å². The zero-order valence-electron chi connectivity index (χ0n) is 19.0. The molecule has 4 aliphatic rings. The molecule has 4 rings (SSSR count). The van der Waals surface area contributed by atoms with E-state index in [1.807, 2.05) is 0 Å². The molecule has 0 spiro atoms. The van der Waals surface area contributed by atoms with E-state index < -0.39 is 0 Å². The highest BCUT2D eigenvalue weighted by molar-refractivity contribution is 4.69. The molecule has 0 atom stereocenters. The summed E-state index contributed by atoms with van der Waals surface area (Å²) in [6, 6.07) is 0. The van der Waals surface area contributed by atoms with Crippen molar-refractivity contribution in [2.45, 2.75) is 103 Å². The number of hydrogen-bond acceptors (Lipinski definition) is 0. The molecule has 2 aliphatic heterocycles. The maximum absolute atomic E-state index is 1.54. The fourth-order valence-electron chi connectivity index (χ4n) is 7.54. The lowest BCUT2D eigenvalue weighted by Gasteiger charge is -2.37. The van der Waals surface area contributed by atoms with Gasteiger partial charge in [-0.15, -0.1) is 0 Å². The first-order chi connectivity index (χ1) is 13.8. The number of quaternary nitrogens is 2. The molecular formula is C26H50N2+2. The summed E-state index contributed by atoms with van der Waals surface area (Å²) in [6.07, 6.45) is 24.4. The van der Waals surface area contributed by atoms with Crippen LogP contribution in [0.1, 0.15) is 103 Å². The lowest BCUT2D eigenvalue weighted by Crippen LogP contribution is -2.49. The highest BCUT2D eigenvalue weighted by Crippen LogP contribution is 2.32. The molecule has 0 aromatic heterocycles. The largest absolute Gasteiger partial charge is 0.324 e. The van der Waals surface area contributed by atoms with Crippen LogP contribution in [0.4, 0.5) is 0 Å². The number of nitrogens with zero attached hydrogens (tertiary/aromatic N) is 2. The van der Waals surface area contributed by atoms with Gasteiger partial charge in [-0.3, -0.25) is 0 Å². The van der Waals surface area contributed by atoms with Gasteiger partial charge in [-0.25, -0.2) is 0 Å². The van der Waals surface area contributed by atoms with Crippen molar-refractivity contribution in [2.75, 3.05) is 52.4 Å². The van der Waals surface area contributed by atoms with Crippen LogP contribution in [-0.4, -0.2) is 61.3 Å². The molecule has 28 heavy (non-hydrogen) atoms. The number of hydrogen-bond donors (Lipinski definition) is 0. The second kappa shape index (κ2) is 10.3. The first kappa shape index (κ1) is 21.2. The van der Waals surface area contributed by atoms with Gasteiger partial charge in [-0.1, -0.05) is 51.4 Å². The minimum atomic E-state index is 1.09. The molecule has 2 heterocycles. The third kappa shape index (κ3) is 5.75. The minimum Gasteiger partial charge on any atom is -0.324 e. The van der Waals surface area contributed by atoms with Gasteiger partial charge in [0.15, 0.2) is 0 Å². The fourth-order valence-corrected chi connectivity index (χ4v) is 7.54. The third-order valence-electron chi connectivity index (χ3n) is 9.52. The van der Waals surface area contributed by atoms with Gasteiger partial charge in [-0.05, 0) is 24.7 Å². The van der Waals surface area contributed by atoms with Gasteiger partial charge in [-0.2, -0.15) is 0 Å². The molecule has 2 saturated heterocycles. The van der Waals surface area contributed by atoms with Crippen LogP contribution in [0.5, 0.6) is 0 Å². The Hall–Kier alpha value is -0.0800. The maximum Gasteiger partial charge on any atom is 0.0789 e. The maximum atomic E-state index is 1.54. The number of rotatable bonds is 11. The fraction of sp³-hybridized carbons (Fsp3) is 1.00. The van der Waals surface area contributed by atoms with Crippen LogP contribution in [0.15, 0.2) is 0 Å². The standard InChI is InChI=1S/C26H50N2/c1-2-12-25(11-1)15-23-27(17-5-6-18-27)21-9-10-22-28(19-7-8-20-28)24-16-26-13-3-4-14-26/h25-26H,1-24H2/q+2. The quantitative estimate of drug-likeness (QED) is 0.293. The van der Waals surface area contributed by atoms with Crippen LogP contribution in [0, 0.1) is 11.8 Å². The van der Waals surface area contributed by atoms with Crippen LogP contribution in [0.2, 0.25) is 0 Å². The molecule has 0 bridgehead atoms. The highest BCUT2D eigenvalue weighted by Gasteiger charge is 2.35. The first-order valence-corrected chi connectivity index (χ1v) is 13.5. The molecule has 0 unspecified atom stereocenters. The second-order valence-electron chi connectivity index (χ2n) is 11.5. The van der Waals surface area contributed by atoms with E-state index in [1.54, 1.807) is 38.5 Å². The van der Waals surface area contributed by atoms with Gasteiger partial charge in [0.05, 0.1) is 52.4 Å². The summed E-state index contributed by atoms with van der Waals surface area (Å²) < 4.78 is 3.02. The molecule has 2 nitrogen and oxygen atoms in total. The van der Waals surface area contributed by atoms with E-state index in [2.05, 4.69) is 0 Å². The molecule has 162 valence electrons. The Morgan fingerprint density at radius 3 is 1.14 bits per heavy atom. The van der Waals surface area contributed by atoms with Gasteiger partial charge in [0.25, 0.3) is 0 Å². The van der Waals surface area contributed by atoms with E-state index in [1.165, 1.54) is 126 Å². The van der Waals surface area contributed by atoms with Crippen molar-refractivity contribution in [3.63, 3.8) is 0 Å². The summed E-state index contributed by atoms with van der Waals surface area (Å²) in [5.41, 5.74) is 0. The predicted octanol–water partition coefficient (Wildman–Crippen LogP) is 6.15. The summed E-state index contributed by atoms with van der Waals surface area (Å²) in [4.78, 5) is 0. The smallest absolute Gasteiger partial charge is 0.0789 e. The Bertz CT molecular complexity index is 393. The Balaban J connectivity index is 1.19. The molecule has 2 heteroatoms. The van der Waals surface area contributed by atoms with Crippen LogP contribution < -0.4 is 0 Å². The average molecular weight is 391 g/mol. The molecule has 0 aromatic carbocycles. The van der Waals surface area contributed by atoms with Crippen LogP contribution in [0.25, 0.3) is 0 Å². The van der Waals surface area contributed by atoms with Crippen molar-refractivity contribution in [3.05, 3.63) is 0 Å². The van der Waals surface area contributed by atoms with E-state index in [9.17, 15) is 0 Å². The molecule has 0 N–H and O–H groups in total. The first-order valence-electron chi connectivity index (χ1n) is 13.5. The monoisotopic (exact) mass is 390 g/mol.